The van der Waals surface area contributed by atoms with Gasteiger partial charge in [-0.05, 0) is 43.7 Å². The topological polar surface area (TPSA) is 61.8 Å². The molecule has 0 aliphatic heterocycles. The standard InChI is InChI=1S/C22H17F5N4O2/c1-12(2)30-20(32)18-19(31(21(30)33)15-7-8-16(23)17(24)9-15)28-11-29(18)10-13-3-5-14(6-4-13)22(25,26)27/h3-9,11-12H,10H2,1-2H3. The lowest BCUT2D eigenvalue weighted by Crippen LogP contribution is -2.41. The Morgan fingerprint density at radius 3 is 2.21 bits per heavy atom. The highest BCUT2D eigenvalue weighted by Crippen LogP contribution is 2.29. The van der Waals surface area contributed by atoms with Crippen LogP contribution < -0.4 is 11.2 Å². The third kappa shape index (κ3) is 3.94. The Hall–Kier alpha value is -3.76. The van der Waals surface area contributed by atoms with E-state index in [-0.39, 0.29) is 23.4 Å². The molecule has 0 aliphatic rings. The molecule has 0 N–H and O–H groups in total. The monoisotopic (exact) mass is 464 g/mol. The van der Waals surface area contributed by atoms with Gasteiger partial charge in [0.25, 0.3) is 5.56 Å². The third-order valence-electron chi connectivity index (χ3n) is 5.16. The summed E-state index contributed by atoms with van der Waals surface area (Å²) in [5, 5.41) is 0. The van der Waals surface area contributed by atoms with Crippen molar-refractivity contribution in [1.82, 2.24) is 18.7 Å². The molecule has 6 nitrogen and oxygen atoms in total. The Bertz CT molecular complexity index is 1460. The van der Waals surface area contributed by atoms with Gasteiger partial charge in [-0.3, -0.25) is 9.36 Å². The molecule has 0 bridgehead atoms. The zero-order valence-corrected chi connectivity index (χ0v) is 17.4. The van der Waals surface area contributed by atoms with Crippen LogP contribution in [0.15, 0.2) is 58.4 Å². The van der Waals surface area contributed by atoms with Crippen LogP contribution in [0.2, 0.25) is 0 Å². The van der Waals surface area contributed by atoms with Crippen LogP contribution in [-0.2, 0) is 12.7 Å². The molecule has 0 unspecified atom stereocenters. The van der Waals surface area contributed by atoms with Gasteiger partial charge in [-0.15, -0.1) is 0 Å². The third-order valence-corrected chi connectivity index (χ3v) is 5.16. The van der Waals surface area contributed by atoms with Crippen LogP contribution in [-0.4, -0.2) is 18.7 Å². The van der Waals surface area contributed by atoms with Gasteiger partial charge in [-0.25, -0.2) is 23.1 Å². The molecule has 33 heavy (non-hydrogen) atoms. The van der Waals surface area contributed by atoms with Crippen molar-refractivity contribution in [2.24, 2.45) is 0 Å². The number of rotatable bonds is 4. The van der Waals surface area contributed by atoms with Crippen molar-refractivity contribution in [3.8, 4) is 5.69 Å². The second kappa shape index (κ2) is 7.98. The summed E-state index contributed by atoms with van der Waals surface area (Å²) in [5.41, 5.74) is -1.91. The molecule has 0 amide bonds. The van der Waals surface area contributed by atoms with Crippen molar-refractivity contribution in [3.63, 3.8) is 0 Å². The molecule has 4 aromatic rings. The van der Waals surface area contributed by atoms with Gasteiger partial charge < -0.3 is 4.57 Å². The lowest BCUT2D eigenvalue weighted by molar-refractivity contribution is -0.137. The second-order valence-corrected chi connectivity index (χ2v) is 7.72. The van der Waals surface area contributed by atoms with E-state index in [4.69, 9.17) is 0 Å². The van der Waals surface area contributed by atoms with E-state index in [0.29, 0.717) is 5.56 Å². The highest BCUT2D eigenvalue weighted by Gasteiger charge is 2.30. The smallest absolute Gasteiger partial charge is 0.320 e. The number of aromatic nitrogens is 4. The summed E-state index contributed by atoms with van der Waals surface area (Å²) in [6.07, 6.45) is -3.21. The van der Waals surface area contributed by atoms with Crippen LogP contribution in [0, 0.1) is 11.6 Å². The van der Waals surface area contributed by atoms with Crippen LogP contribution >= 0.6 is 0 Å². The maximum Gasteiger partial charge on any atom is 0.416 e. The summed E-state index contributed by atoms with van der Waals surface area (Å²) in [6, 6.07) is 6.70. The van der Waals surface area contributed by atoms with Crippen molar-refractivity contribution in [2.45, 2.75) is 32.6 Å². The van der Waals surface area contributed by atoms with E-state index >= 15 is 0 Å². The summed E-state index contributed by atoms with van der Waals surface area (Å²) < 4.78 is 69.2. The van der Waals surface area contributed by atoms with Gasteiger partial charge in [0, 0.05) is 18.7 Å². The van der Waals surface area contributed by atoms with Gasteiger partial charge in [-0.1, -0.05) is 12.1 Å². The summed E-state index contributed by atoms with van der Waals surface area (Å²) >= 11 is 0. The predicted octanol–water partition coefficient (Wildman–Crippen LogP) is 4.28. The first kappa shape index (κ1) is 22.4. The molecule has 4 rings (SSSR count). The largest absolute Gasteiger partial charge is 0.416 e. The van der Waals surface area contributed by atoms with Crippen molar-refractivity contribution in [2.75, 3.05) is 0 Å². The van der Waals surface area contributed by atoms with Gasteiger partial charge in [-0.2, -0.15) is 13.2 Å². The van der Waals surface area contributed by atoms with Crippen molar-refractivity contribution in [1.29, 1.82) is 0 Å². The van der Waals surface area contributed by atoms with E-state index in [1.807, 2.05) is 0 Å². The van der Waals surface area contributed by atoms with Crippen LogP contribution in [0.25, 0.3) is 16.9 Å². The minimum absolute atomic E-state index is 0.00203. The number of halogens is 5. The molecular formula is C22H17F5N4O2. The second-order valence-electron chi connectivity index (χ2n) is 7.72. The minimum Gasteiger partial charge on any atom is -0.320 e. The van der Waals surface area contributed by atoms with Crippen molar-refractivity contribution >= 4 is 11.2 Å². The quantitative estimate of drug-likeness (QED) is 0.424. The highest BCUT2D eigenvalue weighted by molar-refractivity contribution is 5.72. The maximum absolute atomic E-state index is 13.9. The molecule has 172 valence electrons. The van der Waals surface area contributed by atoms with E-state index in [2.05, 4.69) is 4.98 Å². The Balaban J connectivity index is 1.92. The average Bonchev–Trinajstić information content (AvgIpc) is 3.13. The fraction of sp³-hybridized carbons (Fsp3) is 0.227. The molecule has 0 aliphatic carbocycles. The molecule has 0 atom stereocenters. The highest BCUT2D eigenvalue weighted by atomic mass is 19.4. The maximum atomic E-state index is 13.9. The van der Waals surface area contributed by atoms with Crippen LogP contribution in [0.5, 0.6) is 0 Å². The minimum atomic E-state index is -4.48. The number of imidazole rings is 1. The van der Waals surface area contributed by atoms with E-state index in [0.717, 1.165) is 33.4 Å². The number of alkyl halides is 3. The van der Waals surface area contributed by atoms with Crippen molar-refractivity contribution < 1.29 is 22.0 Å². The van der Waals surface area contributed by atoms with Gasteiger partial charge in [0.1, 0.15) is 0 Å². The molecule has 2 heterocycles. The lowest BCUT2D eigenvalue weighted by Gasteiger charge is -2.15. The predicted molar refractivity (Wildman–Crippen MR) is 110 cm³/mol. The Morgan fingerprint density at radius 2 is 1.64 bits per heavy atom. The normalized spacial score (nSPS) is 12.1. The first-order valence-corrected chi connectivity index (χ1v) is 9.83. The molecule has 2 aromatic heterocycles. The Morgan fingerprint density at radius 1 is 0.970 bits per heavy atom. The van der Waals surface area contributed by atoms with E-state index in [9.17, 15) is 31.5 Å². The molecule has 0 saturated carbocycles. The Kier molecular flexibility index (Phi) is 5.43. The number of nitrogens with zero attached hydrogens (tertiary/aromatic N) is 4. The van der Waals surface area contributed by atoms with Crippen molar-refractivity contribution in [3.05, 3.63) is 92.4 Å². The fourth-order valence-corrected chi connectivity index (χ4v) is 3.58. The molecule has 0 spiro atoms. The molecule has 0 radical (unpaired) electrons. The molecule has 11 heteroatoms. The first-order chi connectivity index (χ1) is 15.5. The van der Waals surface area contributed by atoms with Gasteiger partial charge in [0.05, 0.1) is 17.6 Å². The van der Waals surface area contributed by atoms with Crippen LogP contribution in [0.4, 0.5) is 22.0 Å². The van der Waals surface area contributed by atoms with Crippen LogP contribution in [0.3, 0.4) is 0 Å². The molecule has 0 fully saturated rings. The SMILES string of the molecule is CC(C)n1c(=O)c2c(ncn2Cc2ccc(C(F)(F)F)cc2)n(-c2ccc(F)c(F)c2)c1=O. The number of hydrogen-bond acceptors (Lipinski definition) is 3. The van der Waals surface area contributed by atoms with Gasteiger partial charge in [0.15, 0.2) is 22.8 Å². The van der Waals surface area contributed by atoms with Gasteiger partial charge >= 0.3 is 11.9 Å². The van der Waals surface area contributed by atoms with E-state index in [1.54, 1.807) is 13.8 Å². The lowest BCUT2D eigenvalue weighted by atomic mass is 10.1. The number of fused-ring (bicyclic) bond motifs is 1. The fourth-order valence-electron chi connectivity index (χ4n) is 3.58. The number of benzene rings is 2. The first-order valence-electron chi connectivity index (χ1n) is 9.83. The number of hydrogen-bond donors (Lipinski definition) is 0. The summed E-state index contributed by atoms with van der Waals surface area (Å²) in [4.78, 5) is 30.4. The molecule has 2 aromatic carbocycles. The summed E-state index contributed by atoms with van der Waals surface area (Å²) in [6.45, 7) is 3.22. The van der Waals surface area contributed by atoms with Gasteiger partial charge in [0.2, 0.25) is 0 Å². The zero-order chi connectivity index (χ0) is 24.1. The summed E-state index contributed by atoms with van der Waals surface area (Å²) in [7, 11) is 0. The average molecular weight is 464 g/mol. The van der Waals surface area contributed by atoms with Crippen LogP contribution in [0.1, 0.15) is 31.0 Å². The van der Waals surface area contributed by atoms with E-state index < -0.39 is 40.7 Å². The zero-order valence-electron chi connectivity index (χ0n) is 17.4. The Labute approximate surface area is 183 Å². The summed E-state index contributed by atoms with van der Waals surface area (Å²) in [5.74, 6) is -2.29. The van der Waals surface area contributed by atoms with E-state index in [1.165, 1.54) is 29.1 Å². The molecule has 0 saturated heterocycles. The molecular weight excluding hydrogens is 447 g/mol.